The van der Waals surface area contributed by atoms with Crippen LogP contribution in [0.15, 0.2) is 36.7 Å². The first-order valence-corrected chi connectivity index (χ1v) is 13.3. The third kappa shape index (κ3) is 5.33. The van der Waals surface area contributed by atoms with Gasteiger partial charge in [0.2, 0.25) is 5.95 Å². The second-order valence-corrected chi connectivity index (χ2v) is 9.84. The molecule has 3 aliphatic heterocycles. The molecule has 2 fully saturated rings. The van der Waals surface area contributed by atoms with Gasteiger partial charge in [0.05, 0.1) is 25.3 Å². The van der Waals surface area contributed by atoms with Gasteiger partial charge in [-0.25, -0.2) is 20.3 Å². The highest BCUT2D eigenvalue weighted by Crippen LogP contribution is 2.32. The Morgan fingerprint density at radius 2 is 1.89 bits per heavy atom. The number of benzene rings is 1. The van der Waals surface area contributed by atoms with Crippen molar-refractivity contribution in [2.24, 2.45) is 0 Å². The summed E-state index contributed by atoms with van der Waals surface area (Å²) in [5, 5.41) is 1.34. The number of amides is 1. The predicted molar refractivity (Wildman–Crippen MR) is 138 cm³/mol. The van der Waals surface area contributed by atoms with Gasteiger partial charge in [0.15, 0.2) is 6.29 Å². The SMILES string of the molecule is O=C(NOC1CCCCO1)c1cnc(N2CCc3c(n(CCN4CCOCC4)c4ccccc34)C2)nc1. The summed E-state index contributed by atoms with van der Waals surface area (Å²) in [5.74, 6) is 0.258. The summed E-state index contributed by atoms with van der Waals surface area (Å²) in [7, 11) is 0. The zero-order chi connectivity index (χ0) is 25.0. The molecule has 196 valence electrons. The van der Waals surface area contributed by atoms with Gasteiger partial charge in [-0.15, -0.1) is 0 Å². The molecular formula is C27H34N6O4. The van der Waals surface area contributed by atoms with Gasteiger partial charge in [0.1, 0.15) is 0 Å². The molecule has 3 aromatic rings. The van der Waals surface area contributed by atoms with Crippen LogP contribution in [-0.2, 0) is 33.8 Å². The second-order valence-electron chi connectivity index (χ2n) is 9.84. The lowest BCUT2D eigenvalue weighted by atomic mass is 10.0. The summed E-state index contributed by atoms with van der Waals surface area (Å²) in [5.41, 5.74) is 6.87. The van der Waals surface area contributed by atoms with Gasteiger partial charge in [-0.3, -0.25) is 9.69 Å². The number of carbonyl (C=O) groups is 1. The number of aromatic nitrogens is 3. The molecule has 0 radical (unpaired) electrons. The largest absolute Gasteiger partial charge is 0.379 e. The average molecular weight is 507 g/mol. The molecule has 37 heavy (non-hydrogen) atoms. The van der Waals surface area contributed by atoms with E-state index in [0.29, 0.717) is 18.1 Å². The minimum Gasteiger partial charge on any atom is -0.379 e. The van der Waals surface area contributed by atoms with E-state index in [0.717, 1.165) is 78.2 Å². The van der Waals surface area contributed by atoms with Crippen LogP contribution in [0.4, 0.5) is 5.95 Å². The lowest BCUT2D eigenvalue weighted by Crippen LogP contribution is -2.38. The molecule has 0 spiro atoms. The lowest BCUT2D eigenvalue weighted by Gasteiger charge is -2.30. The minimum atomic E-state index is -0.393. The van der Waals surface area contributed by atoms with Crippen LogP contribution >= 0.6 is 0 Å². The molecular weight excluding hydrogens is 472 g/mol. The van der Waals surface area contributed by atoms with Gasteiger partial charge in [0, 0.05) is 74.7 Å². The molecule has 0 saturated carbocycles. The van der Waals surface area contributed by atoms with Crippen molar-refractivity contribution in [3.05, 3.63) is 53.5 Å². The Bertz CT molecular complexity index is 1220. The van der Waals surface area contributed by atoms with Gasteiger partial charge < -0.3 is 18.9 Å². The second kappa shape index (κ2) is 11.1. The number of ether oxygens (including phenoxy) is 2. The highest BCUT2D eigenvalue weighted by atomic mass is 16.8. The number of anilines is 1. The minimum absolute atomic E-state index is 0.358. The lowest BCUT2D eigenvalue weighted by molar-refractivity contribution is -0.186. The molecule has 0 aliphatic carbocycles. The Kier molecular flexibility index (Phi) is 7.31. The average Bonchev–Trinajstić information content (AvgIpc) is 3.29. The maximum absolute atomic E-state index is 12.5. The first-order valence-electron chi connectivity index (χ1n) is 13.3. The molecule has 1 N–H and O–H groups in total. The molecule has 1 unspecified atom stereocenters. The summed E-state index contributed by atoms with van der Waals surface area (Å²) < 4.78 is 13.5. The molecule has 1 amide bonds. The fourth-order valence-corrected chi connectivity index (χ4v) is 5.47. The highest BCUT2D eigenvalue weighted by Gasteiger charge is 2.26. The van der Waals surface area contributed by atoms with E-state index >= 15 is 0 Å². The fraction of sp³-hybridized carbons (Fsp3) is 0.519. The topological polar surface area (TPSA) is 94.0 Å². The van der Waals surface area contributed by atoms with Gasteiger partial charge in [0.25, 0.3) is 5.91 Å². The van der Waals surface area contributed by atoms with Crippen molar-refractivity contribution in [1.82, 2.24) is 24.9 Å². The molecule has 1 aromatic carbocycles. The van der Waals surface area contributed by atoms with Crippen molar-refractivity contribution in [1.29, 1.82) is 0 Å². The molecule has 3 aliphatic rings. The number of fused-ring (bicyclic) bond motifs is 3. The van der Waals surface area contributed by atoms with Crippen LogP contribution in [0.2, 0.25) is 0 Å². The molecule has 6 rings (SSSR count). The smallest absolute Gasteiger partial charge is 0.278 e. The van der Waals surface area contributed by atoms with Crippen LogP contribution in [0.25, 0.3) is 10.9 Å². The van der Waals surface area contributed by atoms with Crippen LogP contribution in [0, 0.1) is 0 Å². The van der Waals surface area contributed by atoms with Gasteiger partial charge in [-0.2, -0.15) is 0 Å². The standard InChI is InChI=1S/C27H34N6O4/c34-26(30-37-25-7-3-4-14-36-25)20-17-28-27(29-18-20)32-9-8-22-21-5-1-2-6-23(21)33(24(22)19-32)11-10-31-12-15-35-16-13-31/h1-2,5-6,17-18,25H,3-4,7-16,19H2,(H,30,34). The monoisotopic (exact) mass is 506 g/mol. The Morgan fingerprint density at radius 1 is 1.05 bits per heavy atom. The molecule has 10 nitrogen and oxygen atoms in total. The van der Waals surface area contributed by atoms with Crippen molar-refractivity contribution in [3.63, 3.8) is 0 Å². The van der Waals surface area contributed by atoms with E-state index in [1.165, 1.54) is 22.2 Å². The van der Waals surface area contributed by atoms with Crippen molar-refractivity contribution < 1.29 is 19.1 Å². The van der Waals surface area contributed by atoms with Crippen molar-refractivity contribution in [2.45, 2.75) is 45.1 Å². The van der Waals surface area contributed by atoms with E-state index in [4.69, 9.17) is 14.3 Å². The summed E-state index contributed by atoms with van der Waals surface area (Å²) in [6, 6.07) is 8.70. The quantitative estimate of drug-likeness (QED) is 0.489. The first kappa shape index (κ1) is 24.3. The number of hydroxylamine groups is 1. The number of nitrogens with zero attached hydrogens (tertiary/aromatic N) is 5. The van der Waals surface area contributed by atoms with Crippen LogP contribution < -0.4 is 10.4 Å². The Labute approximate surface area is 216 Å². The zero-order valence-electron chi connectivity index (χ0n) is 21.1. The molecule has 0 bridgehead atoms. The van der Waals surface area contributed by atoms with Crippen LogP contribution in [0.3, 0.4) is 0 Å². The Morgan fingerprint density at radius 3 is 2.70 bits per heavy atom. The fourth-order valence-electron chi connectivity index (χ4n) is 5.47. The number of hydrogen-bond acceptors (Lipinski definition) is 8. The van der Waals surface area contributed by atoms with E-state index in [1.807, 2.05) is 0 Å². The van der Waals surface area contributed by atoms with Crippen molar-refractivity contribution >= 4 is 22.8 Å². The number of rotatable bonds is 7. The molecule has 2 aromatic heterocycles. The third-order valence-electron chi connectivity index (χ3n) is 7.51. The summed E-state index contributed by atoms with van der Waals surface area (Å²) >= 11 is 0. The van der Waals surface area contributed by atoms with Crippen LogP contribution in [0.5, 0.6) is 0 Å². The van der Waals surface area contributed by atoms with Gasteiger partial charge in [-0.1, -0.05) is 18.2 Å². The number of hydrogen-bond donors (Lipinski definition) is 1. The Hall–Kier alpha value is -3.05. The summed E-state index contributed by atoms with van der Waals surface area (Å²) in [6.45, 7) is 7.76. The van der Waals surface area contributed by atoms with Gasteiger partial charge >= 0.3 is 0 Å². The maximum Gasteiger partial charge on any atom is 0.278 e. The van der Waals surface area contributed by atoms with E-state index in [-0.39, 0.29) is 5.91 Å². The molecule has 5 heterocycles. The Balaban J connectivity index is 1.15. The highest BCUT2D eigenvalue weighted by molar-refractivity contribution is 5.92. The maximum atomic E-state index is 12.5. The van der Waals surface area contributed by atoms with E-state index in [9.17, 15) is 4.79 Å². The van der Waals surface area contributed by atoms with Crippen molar-refractivity contribution in [2.75, 3.05) is 50.9 Å². The van der Waals surface area contributed by atoms with E-state index in [2.05, 4.69) is 54.1 Å². The third-order valence-corrected chi connectivity index (χ3v) is 7.51. The summed E-state index contributed by atoms with van der Waals surface area (Å²) in [6.07, 6.45) is 6.49. The molecule has 2 saturated heterocycles. The number of nitrogens with one attached hydrogen (secondary N) is 1. The normalized spacial score (nSPS) is 20.6. The van der Waals surface area contributed by atoms with Crippen LogP contribution in [-0.4, -0.2) is 77.6 Å². The van der Waals surface area contributed by atoms with E-state index in [1.54, 1.807) is 12.4 Å². The zero-order valence-corrected chi connectivity index (χ0v) is 21.1. The van der Waals surface area contributed by atoms with Crippen molar-refractivity contribution in [3.8, 4) is 0 Å². The van der Waals surface area contributed by atoms with E-state index < -0.39 is 6.29 Å². The first-order chi connectivity index (χ1) is 18.3. The number of para-hydroxylation sites is 1. The predicted octanol–water partition coefficient (Wildman–Crippen LogP) is 2.51. The molecule has 10 heteroatoms. The summed E-state index contributed by atoms with van der Waals surface area (Å²) in [4.78, 5) is 31.6. The number of carbonyl (C=O) groups excluding carboxylic acids is 1. The van der Waals surface area contributed by atoms with Gasteiger partial charge in [-0.05, 0) is 30.9 Å². The van der Waals surface area contributed by atoms with Crippen LogP contribution in [0.1, 0.15) is 40.9 Å². The molecule has 1 atom stereocenters. The number of morpholine rings is 1.